The molecule has 0 spiro atoms. The van der Waals surface area contributed by atoms with E-state index in [2.05, 4.69) is 9.88 Å². The number of hydrogen-bond donors (Lipinski definition) is 2. The van der Waals surface area contributed by atoms with Crippen LogP contribution in [0.4, 0.5) is 0 Å². The lowest BCUT2D eigenvalue weighted by Gasteiger charge is -2.37. The van der Waals surface area contributed by atoms with Gasteiger partial charge in [-0.15, -0.1) is 0 Å². The van der Waals surface area contributed by atoms with Gasteiger partial charge < -0.3 is 10.2 Å². The van der Waals surface area contributed by atoms with Gasteiger partial charge in [0, 0.05) is 25.8 Å². The quantitative estimate of drug-likeness (QED) is 0.908. The predicted octanol–water partition coefficient (Wildman–Crippen LogP) is 2.27. The zero-order chi connectivity index (χ0) is 14.7. The highest BCUT2D eigenvalue weighted by molar-refractivity contribution is 5.26. The summed E-state index contributed by atoms with van der Waals surface area (Å²) in [5.41, 5.74) is 1.15. The summed E-state index contributed by atoms with van der Waals surface area (Å²) in [6.07, 6.45) is 3.13. The van der Waals surface area contributed by atoms with Crippen molar-refractivity contribution in [2.75, 3.05) is 13.1 Å². The summed E-state index contributed by atoms with van der Waals surface area (Å²) in [4.78, 5) is 6.62. The van der Waals surface area contributed by atoms with Gasteiger partial charge in [0.05, 0.1) is 5.69 Å². The fraction of sp³-hybridized carbons (Fsp3) is 0.353. The van der Waals surface area contributed by atoms with Gasteiger partial charge in [-0.3, -0.25) is 9.88 Å². The Labute approximate surface area is 124 Å². The van der Waals surface area contributed by atoms with Crippen molar-refractivity contribution in [3.8, 4) is 5.75 Å². The Hall–Kier alpha value is -1.91. The summed E-state index contributed by atoms with van der Waals surface area (Å²) in [5, 5.41) is 20.0. The molecule has 2 N–H and O–H groups in total. The van der Waals surface area contributed by atoms with E-state index in [1.807, 2.05) is 30.3 Å². The second-order valence-electron chi connectivity index (χ2n) is 5.69. The number of piperidine rings is 1. The van der Waals surface area contributed by atoms with Crippen LogP contribution in [0.15, 0.2) is 48.7 Å². The molecule has 1 aliphatic rings. The molecule has 0 radical (unpaired) electrons. The first kappa shape index (κ1) is 14.0. The van der Waals surface area contributed by atoms with Crippen LogP contribution in [0.3, 0.4) is 0 Å². The van der Waals surface area contributed by atoms with Crippen molar-refractivity contribution < 1.29 is 10.2 Å². The summed E-state index contributed by atoms with van der Waals surface area (Å²) in [7, 11) is 0. The SMILES string of the molecule is Oc1ccc(CN2CCC(O)(c3ccccn3)CC2)cc1. The molecule has 0 saturated carbocycles. The van der Waals surface area contributed by atoms with Crippen molar-refractivity contribution in [2.45, 2.75) is 25.0 Å². The monoisotopic (exact) mass is 284 g/mol. The number of benzene rings is 1. The third-order valence-electron chi connectivity index (χ3n) is 4.17. The highest BCUT2D eigenvalue weighted by atomic mass is 16.3. The molecule has 0 aliphatic carbocycles. The molecule has 2 heterocycles. The van der Waals surface area contributed by atoms with Crippen molar-refractivity contribution >= 4 is 0 Å². The van der Waals surface area contributed by atoms with Crippen LogP contribution in [0.25, 0.3) is 0 Å². The number of likely N-dealkylation sites (tertiary alicyclic amines) is 1. The second-order valence-corrected chi connectivity index (χ2v) is 5.69. The number of aromatic nitrogens is 1. The lowest BCUT2D eigenvalue weighted by molar-refractivity contribution is -0.0311. The number of phenols is 1. The fourth-order valence-electron chi connectivity index (χ4n) is 2.83. The van der Waals surface area contributed by atoms with Gasteiger partial charge in [-0.25, -0.2) is 0 Å². The van der Waals surface area contributed by atoms with Crippen molar-refractivity contribution in [3.05, 3.63) is 59.9 Å². The molecule has 0 unspecified atom stereocenters. The van der Waals surface area contributed by atoms with Gasteiger partial charge in [0.15, 0.2) is 0 Å². The molecule has 0 amide bonds. The lowest BCUT2D eigenvalue weighted by atomic mass is 9.87. The minimum absolute atomic E-state index is 0.293. The highest BCUT2D eigenvalue weighted by Gasteiger charge is 2.34. The van der Waals surface area contributed by atoms with E-state index in [4.69, 9.17) is 0 Å². The van der Waals surface area contributed by atoms with Crippen molar-refractivity contribution in [3.63, 3.8) is 0 Å². The van der Waals surface area contributed by atoms with Crippen molar-refractivity contribution in [1.82, 2.24) is 9.88 Å². The van der Waals surface area contributed by atoms with Gasteiger partial charge in [0.2, 0.25) is 0 Å². The van der Waals surface area contributed by atoms with E-state index in [-0.39, 0.29) is 0 Å². The molecular formula is C17H20N2O2. The van der Waals surface area contributed by atoms with E-state index >= 15 is 0 Å². The number of aromatic hydroxyl groups is 1. The first-order valence-corrected chi connectivity index (χ1v) is 7.30. The van der Waals surface area contributed by atoms with Crippen LogP contribution in [0.5, 0.6) is 5.75 Å². The van der Waals surface area contributed by atoms with E-state index in [0.717, 1.165) is 25.3 Å². The predicted molar refractivity (Wildman–Crippen MR) is 80.8 cm³/mol. The molecule has 0 bridgehead atoms. The molecule has 1 aromatic heterocycles. The lowest BCUT2D eigenvalue weighted by Crippen LogP contribution is -2.42. The van der Waals surface area contributed by atoms with Gasteiger partial charge >= 0.3 is 0 Å². The molecule has 1 aromatic carbocycles. The number of rotatable bonds is 3. The van der Waals surface area contributed by atoms with Crippen molar-refractivity contribution in [2.24, 2.45) is 0 Å². The summed E-state index contributed by atoms with van der Waals surface area (Å²) in [6.45, 7) is 2.53. The maximum Gasteiger partial charge on any atom is 0.115 e. The zero-order valence-electron chi connectivity index (χ0n) is 11.9. The van der Waals surface area contributed by atoms with E-state index < -0.39 is 5.60 Å². The van der Waals surface area contributed by atoms with Crippen LogP contribution in [-0.4, -0.2) is 33.2 Å². The maximum absolute atomic E-state index is 10.7. The Morgan fingerprint density at radius 3 is 2.38 bits per heavy atom. The van der Waals surface area contributed by atoms with Gasteiger partial charge in [0.25, 0.3) is 0 Å². The first-order valence-electron chi connectivity index (χ1n) is 7.30. The third-order valence-corrected chi connectivity index (χ3v) is 4.17. The molecule has 1 fully saturated rings. The Morgan fingerprint density at radius 1 is 1.05 bits per heavy atom. The number of hydrogen-bond acceptors (Lipinski definition) is 4. The summed E-state index contributed by atoms with van der Waals surface area (Å²) in [5.74, 6) is 0.293. The molecule has 1 aliphatic heterocycles. The Balaban J connectivity index is 1.61. The fourth-order valence-corrected chi connectivity index (χ4v) is 2.83. The minimum Gasteiger partial charge on any atom is -0.508 e. The van der Waals surface area contributed by atoms with E-state index in [1.165, 1.54) is 5.56 Å². The average Bonchev–Trinajstić information content (AvgIpc) is 2.53. The molecular weight excluding hydrogens is 264 g/mol. The molecule has 21 heavy (non-hydrogen) atoms. The molecule has 2 aromatic rings. The summed E-state index contributed by atoms with van der Waals surface area (Å²) < 4.78 is 0. The standard InChI is InChI=1S/C17H20N2O2/c20-15-6-4-14(5-7-15)13-19-11-8-17(21,9-12-19)16-3-1-2-10-18-16/h1-7,10,20-21H,8-9,11-13H2. The van der Waals surface area contributed by atoms with E-state index in [0.29, 0.717) is 18.6 Å². The number of phenolic OH excluding ortho intramolecular Hbond substituents is 1. The van der Waals surface area contributed by atoms with Gasteiger partial charge in [-0.1, -0.05) is 18.2 Å². The Morgan fingerprint density at radius 2 is 1.76 bits per heavy atom. The van der Waals surface area contributed by atoms with E-state index in [9.17, 15) is 10.2 Å². The van der Waals surface area contributed by atoms with Crippen LogP contribution >= 0.6 is 0 Å². The maximum atomic E-state index is 10.7. The van der Waals surface area contributed by atoms with Crippen molar-refractivity contribution in [1.29, 1.82) is 0 Å². The average molecular weight is 284 g/mol. The number of aliphatic hydroxyl groups is 1. The normalized spacial score (nSPS) is 18.5. The number of pyridine rings is 1. The molecule has 0 atom stereocenters. The second kappa shape index (κ2) is 5.84. The summed E-state index contributed by atoms with van der Waals surface area (Å²) in [6, 6.07) is 13.0. The largest absolute Gasteiger partial charge is 0.508 e. The molecule has 4 nitrogen and oxygen atoms in total. The topological polar surface area (TPSA) is 56.6 Å². The van der Waals surface area contributed by atoms with Crippen LogP contribution in [0.1, 0.15) is 24.1 Å². The highest BCUT2D eigenvalue weighted by Crippen LogP contribution is 2.31. The Kier molecular flexibility index (Phi) is 3.90. The van der Waals surface area contributed by atoms with E-state index in [1.54, 1.807) is 18.3 Å². The smallest absolute Gasteiger partial charge is 0.115 e. The molecule has 110 valence electrons. The third kappa shape index (κ3) is 3.23. The van der Waals surface area contributed by atoms with Gasteiger partial charge in [-0.2, -0.15) is 0 Å². The van der Waals surface area contributed by atoms with Gasteiger partial charge in [-0.05, 0) is 42.7 Å². The first-order chi connectivity index (χ1) is 10.2. The summed E-state index contributed by atoms with van der Waals surface area (Å²) >= 11 is 0. The molecule has 1 saturated heterocycles. The molecule has 3 rings (SSSR count). The molecule has 4 heteroatoms. The number of nitrogens with zero attached hydrogens (tertiary/aromatic N) is 2. The van der Waals surface area contributed by atoms with Crippen LogP contribution in [0.2, 0.25) is 0 Å². The minimum atomic E-state index is -0.799. The zero-order valence-corrected chi connectivity index (χ0v) is 11.9. The Bertz CT molecular complexity index is 575. The van der Waals surface area contributed by atoms with Gasteiger partial charge in [0.1, 0.15) is 11.4 Å². The van der Waals surface area contributed by atoms with Crippen LogP contribution in [0, 0.1) is 0 Å². The van der Waals surface area contributed by atoms with Crippen LogP contribution in [-0.2, 0) is 12.1 Å². The van der Waals surface area contributed by atoms with Crippen LogP contribution < -0.4 is 0 Å².